The zero-order valence-electron chi connectivity index (χ0n) is 9.37. The molecule has 1 N–H and O–H groups in total. The van der Waals surface area contributed by atoms with E-state index in [9.17, 15) is 9.59 Å². The molecule has 1 fully saturated rings. The van der Waals surface area contributed by atoms with Crippen LogP contribution in [0.2, 0.25) is 0 Å². The van der Waals surface area contributed by atoms with Crippen LogP contribution in [0.25, 0.3) is 0 Å². The Kier molecular flexibility index (Phi) is 3.39. The van der Waals surface area contributed by atoms with Crippen molar-refractivity contribution in [3.63, 3.8) is 0 Å². The molecular formula is C12H14N2O3. The van der Waals surface area contributed by atoms with Gasteiger partial charge in [-0.05, 0) is 18.6 Å². The van der Waals surface area contributed by atoms with Crippen LogP contribution in [0.3, 0.4) is 0 Å². The molecule has 1 amide bonds. The molecule has 0 atom stereocenters. The lowest BCUT2D eigenvalue weighted by molar-refractivity contribution is -0.139. The van der Waals surface area contributed by atoms with Crippen molar-refractivity contribution in [3.8, 4) is 0 Å². The lowest BCUT2D eigenvalue weighted by atomic mass is 10.2. The summed E-state index contributed by atoms with van der Waals surface area (Å²) < 4.78 is 0. The molecule has 0 radical (unpaired) electrons. The first kappa shape index (κ1) is 11.6. The van der Waals surface area contributed by atoms with Gasteiger partial charge in [-0.15, -0.1) is 0 Å². The number of hydrogen-bond acceptors (Lipinski definition) is 3. The van der Waals surface area contributed by atoms with Gasteiger partial charge in [-0.25, -0.2) is 10.0 Å². The zero-order valence-corrected chi connectivity index (χ0v) is 9.37. The van der Waals surface area contributed by atoms with Crippen LogP contribution in [-0.4, -0.2) is 35.1 Å². The monoisotopic (exact) mass is 234 g/mol. The molecule has 0 aromatic heterocycles. The molecule has 0 saturated carbocycles. The zero-order chi connectivity index (χ0) is 12.3. The molecule has 1 aromatic carbocycles. The number of para-hydroxylation sites is 1. The van der Waals surface area contributed by atoms with Gasteiger partial charge in [-0.3, -0.25) is 9.59 Å². The van der Waals surface area contributed by atoms with Crippen molar-refractivity contribution in [1.29, 1.82) is 0 Å². The third-order valence-corrected chi connectivity index (χ3v) is 2.64. The van der Waals surface area contributed by atoms with Crippen LogP contribution in [0.5, 0.6) is 0 Å². The number of nitrogens with zero attached hydrogens (tertiary/aromatic N) is 2. The Bertz CT molecular complexity index is 419. The van der Waals surface area contributed by atoms with Crippen LogP contribution in [0.1, 0.15) is 12.8 Å². The lowest BCUT2D eigenvalue weighted by Crippen LogP contribution is -2.52. The molecule has 0 aliphatic carbocycles. The molecule has 5 nitrogen and oxygen atoms in total. The Labute approximate surface area is 99.2 Å². The highest BCUT2D eigenvalue weighted by Gasteiger charge is 2.28. The number of amides is 1. The van der Waals surface area contributed by atoms with Gasteiger partial charge in [0, 0.05) is 13.0 Å². The molecule has 2 rings (SSSR count). The van der Waals surface area contributed by atoms with Gasteiger partial charge < -0.3 is 5.11 Å². The van der Waals surface area contributed by atoms with Crippen molar-refractivity contribution < 1.29 is 14.7 Å². The molecule has 1 aromatic rings. The van der Waals surface area contributed by atoms with Gasteiger partial charge >= 0.3 is 5.97 Å². The molecular weight excluding hydrogens is 220 g/mol. The van der Waals surface area contributed by atoms with Gasteiger partial charge in [0.05, 0.1) is 5.69 Å². The summed E-state index contributed by atoms with van der Waals surface area (Å²) in [5, 5.41) is 11.9. The first-order valence-corrected chi connectivity index (χ1v) is 5.53. The third-order valence-electron chi connectivity index (χ3n) is 2.64. The van der Waals surface area contributed by atoms with Gasteiger partial charge in [-0.1, -0.05) is 18.2 Å². The quantitative estimate of drug-likeness (QED) is 0.851. The predicted octanol–water partition coefficient (Wildman–Crippen LogP) is 1.11. The van der Waals surface area contributed by atoms with E-state index in [1.54, 1.807) is 17.1 Å². The number of carboxylic acid groups (broad SMARTS) is 1. The number of benzene rings is 1. The minimum atomic E-state index is -0.930. The highest BCUT2D eigenvalue weighted by Crippen LogP contribution is 2.21. The number of aliphatic carboxylic acids is 1. The minimum absolute atomic E-state index is 0.0521. The average molecular weight is 234 g/mol. The van der Waals surface area contributed by atoms with E-state index in [2.05, 4.69) is 0 Å². The average Bonchev–Trinajstić information content (AvgIpc) is 2.29. The number of hydrazine groups is 1. The Morgan fingerprint density at radius 1 is 1.29 bits per heavy atom. The lowest BCUT2D eigenvalue weighted by Gasteiger charge is -2.37. The maximum Gasteiger partial charge on any atom is 0.319 e. The molecule has 1 aliphatic rings. The van der Waals surface area contributed by atoms with Gasteiger partial charge in [-0.2, -0.15) is 0 Å². The fourth-order valence-corrected chi connectivity index (χ4v) is 1.96. The number of carbonyl (C=O) groups excluding carboxylic acids is 1. The molecule has 0 spiro atoms. The number of carbonyl (C=O) groups is 2. The summed E-state index contributed by atoms with van der Waals surface area (Å²) in [4.78, 5) is 22.6. The Hall–Kier alpha value is -1.88. The van der Waals surface area contributed by atoms with Crippen molar-refractivity contribution >= 4 is 17.6 Å². The standard InChI is InChI=1S/C12H14N2O3/c15-11-7-4-8-13(9-12(16)17)14(11)10-5-2-1-3-6-10/h1-3,5-6H,4,7-9H2,(H,16,17). The largest absolute Gasteiger partial charge is 0.480 e. The highest BCUT2D eigenvalue weighted by atomic mass is 16.4. The number of rotatable bonds is 3. The van der Waals surface area contributed by atoms with E-state index >= 15 is 0 Å². The van der Waals surface area contributed by atoms with Crippen LogP contribution in [0.4, 0.5) is 5.69 Å². The topological polar surface area (TPSA) is 60.9 Å². The first-order chi connectivity index (χ1) is 8.18. The van der Waals surface area contributed by atoms with Gasteiger partial charge in [0.2, 0.25) is 5.91 Å². The summed E-state index contributed by atoms with van der Waals surface area (Å²) in [5.74, 6) is -0.982. The second-order valence-electron chi connectivity index (χ2n) is 3.93. The summed E-state index contributed by atoms with van der Waals surface area (Å²) >= 11 is 0. The molecule has 90 valence electrons. The number of carboxylic acids is 1. The van der Waals surface area contributed by atoms with Gasteiger partial charge in [0.25, 0.3) is 0 Å². The van der Waals surface area contributed by atoms with E-state index in [0.29, 0.717) is 19.4 Å². The van der Waals surface area contributed by atoms with E-state index in [4.69, 9.17) is 5.11 Å². The highest BCUT2D eigenvalue weighted by molar-refractivity contribution is 5.93. The van der Waals surface area contributed by atoms with Crippen LogP contribution in [-0.2, 0) is 9.59 Å². The second-order valence-corrected chi connectivity index (χ2v) is 3.93. The molecule has 1 saturated heterocycles. The molecule has 17 heavy (non-hydrogen) atoms. The molecule has 0 unspecified atom stereocenters. The summed E-state index contributed by atoms with van der Waals surface area (Å²) in [5.41, 5.74) is 0.721. The summed E-state index contributed by atoms with van der Waals surface area (Å²) in [6.07, 6.45) is 1.17. The molecule has 1 aliphatic heterocycles. The van der Waals surface area contributed by atoms with E-state index in [0.717, 1.165) is 5.69 Å². The smallest absolute Gasteiger partial charge is 0.319 e. The molecule has 1 heterocycles. The first-order valence-electron chi connectivity index (χ1n) is 5.53. The van der Waals surface area contributed by atoms with Crippen molar-refractivity contribution in [1.82, 2.24) is 5.01 Å². The SMILES string of the molecule is O=C(O)CN1CCCC(=O)N1c1ccccc1. The fraction of sp³-hybridized carbons (Fsp3) is 0.333. The van der Waals surface area contributed by atoms with E-state index in [1.165, 1.54) is 5.01 Å². The van der Waals surface area contributed by atoms with Gasteiger partial charge in [0.1, 0.15) is 6.54 Å². The van der Waals surface area contributed by atoms with Crippen molar-refractivity contribution in [2.24, 2.45) is 0 Å². The summed E-state index contributed by atoms with van der Waals surface area (Å²) in [6.45, 7) is 0.438. The molecule has 5 heteroatoms. The maximum atomic E-state index is 11.9. The van der Waals surface area contributed by atoms with Crippen LogP contribution >= 0.6 is 0 Å². The van der Waals surface area contributed by atoms with E-state index < -0.39 is 5.97 Å². The summed E-state index contributed by atoms with van der Waals surface area (Å²) in [6, 6.07) is 9.13. The fourth-order valence-electron chi connectivity index (χ4n) is 1.96. The number of anilines is 1. The van der Waals surface area contributed by atoms with Crippen molar-refractivity contribution in [2.75, 3.05) is 18.1 Å². The van der Waals surface area contributed by atoms with Crippen LogP contribution in [0, 0.1) is 0 Å². The predicted molar refractivity (Wildman–Crippen MR) is 62.4 cm³/mol. The summed E-state index contributed by atoms with van der Waals surface area (Å²) in [7, 11) is 0. The third kappa shape index (κ3) is 2.62. The normalized spacial score (nSPS) is 17.2. The number of hydrogen-bond donors (Lipinski definition) is 1. The van der Waals surface area contributed by atoms with Crippen LogP contribution in [0.15, 0.2) is 30.3 Å². The Morgan fingerprint density at radius 2 is 2.00 bits per heavy atom. The second kappa shape index (κ2) is 4.97. The minimum Gasteiger partial charge on any atom is -0.480 e. The van der Waals surface area contributed by atoms with Crippen LogP contribution < -0.4 is 5.01 Å². The van der Waals surface area contributed by atoms with E-state index in [1.807, 2.05) is 18.2 Å². The Balaban J connectivity index is 2.25. The molecule has 0 bridgehead atoms. The Morgan fingerprint density at radius 3 is 2.65 bits per heavy atom. The maximum absolute atomic E-state index is 11.9. The van der Waals surface area contributed by atoms with Gasteiger partial charge in [0.15, 0.2) is 0 Å². The van der Waals surface area contributed by atoms with Crippen molar-refractivity contribution in [2.45, 2.75) is 12.8 Å². The van der Waals surface area contributed by atoms with E-state index in [-0.39, 0.29) is 12.5 Å². The van der Waals surface area contributed by atoms with Crippen molar-refractivity contribution in [3.05, 3.63) is 30.3 Å².